The van der Waals surface area contributed by atoms with Crippen LogP contribution in [0.5, 0.6) is 0 Å². The van der Waals surface area contributed by atoms with Gasteiger partial charge < -0.3 is 14.4 Å². The Kier molecular flexibility index (Phi) is 9.98. The summed E-state index contributed by atoms with van der Waals surface area (Å²) in [5.41, 5.74) is -1.45. The Morgan fingerprint density at radius 1 is 0.964 bits per heavy atom. The average Bonchev–Trinajstić information content (AvgIpc) is 2.49. The van der Waals surface area contributed by atoms with Gasteiger partial charge in [-0.05, 0) is 47.6 Å². The van der Waals surface area contributed by atoms with E-state index in [0.717, 1.165) is 0 Å². The van der Waals surface area contributed by atoms with Gasteiger partial charge in [0.25, 0.3) is 0 Å². The minimum absolute atomic E-state index is 0.106. The zero-order valence-corrected chi connectivity index (χ0v) is 17.6. The van der Waals surface area contributed by atoms with Crippen LogP contribution in [0.1, 0.15) is 41.5 Å². The number of amides is 3. The van der Waals surface area contributed by atoms with Crippen molar-refractivity contribution in [3.05, 3.63) is 25.3 Å². The second-order valence-corrected chi connectivity index (χ2v) is 7.76. The molecule has 0 heterocycles. The largest absolute Gasteiger partial charge is 0.444 e. The standard InChI is InChI=1S/C19H32N4O5/c1-9-12-23(14(24)10-2)13-11-20-15(21-16(25)27-18(3,4)5)22-17(26)28-19(6,7)8/h9-10H,1-2,11-13H2,3-8H3,(H2,20,21,22,25,26). The van der Waals surface area contributed by atoms with E-state index < -0.39 is 23.4 Å². The SMILES string of the molecule is C=CCN(CCN=C(NC(=O)OC(C)(C)C)NC(=O)OC(C)(C)C)C(=O)C=C. The van der Waals surface area contributed by atoms with E-state index in [1.54, 1.807) is 47.6 Å². The third-order valence-electron chi connectivity index (χ3n) is 2.71. The third-order valence-corrected chi connectivity index (χ3v) is 2.71. The number of rotatable bonds is 6. The van der Waals surface area contributed by atoms with Gasteiger partial charge in [-0.15, -0.1) is 6.58 Å². The summed E-state index contributed by atoms with van der Waals surface area (Å²) in [4.78, 5) is 41.4. The molecule has 0 aromatic rings. The summed E-state index contributed by atoms with van der Waals surface area (Å²) < 4.78 is 10.3. The number of carbonyl (C=O) groups excluding carboxylic acids is 3. The Morgan fingerprint density at radius 2 is 1.43 bits per heavy atom. The molecule has 0 bridgehead atoms. The fraction of sp³-hybridized carbons (Fsp3) is 0.579. The zero-order chi connectivity index (χ0) is 22.0. The zero-order valence-electron chi connectivity index (χ0n) is 17.6. The van der Waals surface area contributed by atoms with E-state index in [0.29, 0.717) is 6.54 Å². The lowest BCUT2D eigenvalue weighted by atomic mass is 10.2. The molecule has 0 aliphatic carbocycles. The van der Waals surface area contributed by atoms with Gasteiger partial charge in [0.2, 0.25) is 11.9 Å². The van der Waals surface area contributed by atoms with Crippen LogP contribution in [-0.4, -0.2) is 59.8 Å². The van der Waals surface area contributed by atoms with Crippen molar-refractivity contribution in [2.24, 2.45) is 4.99 Å². The number of hydrogen-bond donors (Lipinski definition) is 2. The minimum Gasteiger partial charge on any atom is -0.444 e. The number of nitrogens with one attached hydrogen (secondary N) is 2. The van der Waals surface area contributed by atoms with Crippen molar-refractivity contribution in [3.8, 4) is 0 Å². The molecule has 28 heavy (non-hydrogen) atoms. The molecule has 3 amide bonds. The van der Waals surface area contributed by atoms with Crippen LogP contribution in [0, 0.1) is 0 Å². The summed E-state index contributed by atoms with van der Waals surface area (Å²) in [6.07, 6.45) is 1.19. The molecule has 0 radical (unpaired) electrons. The van der Waals surface area contributed by atoms with Crippen molar-refractivity contribution >= 4 is 24.1 Å². The number of carbonyl (C=O) groups is 3. The first kappa shape index (κ1) is 25.2. The second kappa shape index (κ2) is 11.1. The summed E-state index contributed by atoms with van der Waals surface area (Å²) in [7, 11) is 0. The maximum Gasteiger partial charge on any atom is 0.414 e. The van der Waals surface area contributed by atoms with Crippen molar-refractivity contribution in [2.75, 3.05) is 19.6 Å². The molecule has 0 aromatic heterocycles. The molecule has 0 spiro atoms. The van der Waals surface area contributed by atoms with E-state index in [1.807, 2.05) is 0 Å². The van der Waals surface area contributed by atoms with Gasteiger partial charge in [-0.1, -0.05) is 12.7 Å². The molecular formula is C19H32N4O5. The fourth-order valence-electron chi connectivity index (χ4n) is 1.77. The monoisotopic (exact) mass is 396 g/mol. The predicted molar refractivity (Wildman–Crippen MR) is 108 cm³/mol. The number of nitrogens with zero attached hydrogens (tertiary/aromatic N) is 2. The van der Waals surface area contributed by atoms with Crippen LogP contribution in [0.15, 0.2) is 30.3 Å². The van der Waals surface area contributed by atoms with Crippen LogP contribution in [0.3, 0.4) is 0 Å². The highest BCUT2D eigenvalue weighted by atomic mass is 16.6. The number of aliphatic imine (C=N–C) groups is 1. The molecular weight excluding hydrogens is 364 g/mol. The van der Waals surface area contributed by atoms with Gasteiger partial charge in [-0.2, -0.15) is 0 Å². The lowest BCUT2D eigenvalue weighted by Crippen LogP contribution is -2.47. The molecule has 0 aliphatic rings. The van der Waals surface area contributed by atoms with Gasteiger partial charge in [-0.25, -0.2) is 9.59 Å². The van der Waals surface area contributed by atoms with Crippen LogP contribution in [0.25, 0.3) is 0 Å². The van der Waals surface area contributed by atoms with Crippen LogP contribution < -0.4 is 10.6 Å². The predicted octanol–water partition coefficient (Wildman–Crippen LogP) is 2.59. The van der Waals surface area contributed by atoms with Gasteiger partial charge in [-0.3, -0.25) is 20.4 Å². The van der Waals surface area contributed by atoms with Crippen molar-refractivity contribution < 1.29 is 23.9 Å². The Bertz CT molecular complexity index is 583. The lowest BCUT2D eigenvalue weighted by Gasteiger charge is -2.22. The van der Waals surface area contributed by atoms with Crippen LogP contribution in [0.2, 0.25) is 0 Å². The summed E-state index contributed by atoms with van der Waals surface area (Å²) in [6, 6.07) is 0. The molecule has 0 atom stereocenters. The maximum atomic E-state index is 12.0. The summed E-state index contributed by atoms with van der Waals surface area (Å²) >= 11 is 0. The molecule has 158 valence electrons. The van der Waals surface area contributed by atoms with E-state index >= 15 is 0 Å². The first-order valence-corrected chi connectivity index (χ1v) is 8.84. The van der Waals surface area contributed by atoms with E-state index in [-0.39, 0.29) is 25.0 Å². The molecule has 0 unspecified atom stereocenters. The second-order valence-electron chi connectivity index (χ2n) is 7.76. The number of alkyl carbamates (subject to hydrolysis) is 2. The molecule has 9 nitrogen and oxygen atoms in total. The highest BCUT2D eigenvalue weighted by molar-refractivity contribution is 6.01. The topological polar surface area (TPSA) is 109 Å². The van der Waals surface area contributed by atoms with Crippen molar-refractivity contribution in [1.29, 1.82) is 0 Å². The number of guanidine groups is 1. The van der Waals surface area contributed by atoms with E-state index in [9.17, 15) is 14.4 Å². The number of hydrogen-bond acceptors (Lipinski definition) is 6. The Morgan fingerprint density at radius 3 is 1.79 bits per heavy atom. The van der Waals surface area contributed by atoms with Crippen molar-refractivity contribution in [3.63, 3.8) is 0 Å². The van der Waals surface area contributed by atoms with Gasteiger partial charge >= 0.3 is 12.2 Å². The van der Waals surface area contributed by atoms with Crippen molar-refractivity contribution in [2.45, 2.75) is 52.7 Å². The van der Waals surface area contributed by atoms with Crippen molar-refractivity contribution in [1.82, 2.24) is 15.5 Å². The summed E-state index contributed by atoms with van der Waals surface area (Å²) in [6.45, 7) is 17.9. The average molecular weight is 396 g/mol. The molecule has 0 saturated carbocycles. The highest BCUT2D eigenvalue weighted by Gasteiger charge is 2.21. The number of ether oxygens (including phenoxy) is 2. The van der Waals surface area contributed by atoms with Gasteiger partial charge in [0, 0.05) is 13.1 Å². The van der Waals surface area contributed by atoms with Gasteiger partial charge in [0.15, 0.2) is 0 Å². The van der Waals surface area contributed by atoms with Crippen LogP contribution in [-0.2, 0) is 14.3 Å². The van der Waals surface area contributed by atoms with E-state index in [1.165, 1.54) is 11.0 Å². The molecule has 2 N–H and O–H groups in total. The molecule has 9 heteroatoms. The van der Waals surface area contributed by atoms with Gasteiger partial charge in [0.1, 0.15) is 11.2 Å². The Hall–Kier alpha value is -2.84. The van der Waals surface area contributed by atoms with E-state index in [4.69, 9.17) is 9.47 Å². The molecule has 0 aromatic carbocycles. The highest BCUT2D eigenvalue weighted by Crippen LogP contribution is 2.07. The fourth-order valence-corrected chi connectivity index (χ4v) is 1.77. The van der Waals surface area contributed by atoms with E-state index in [2.05, 4.69) is 28.8 Å². The first-order chi connectivity index (χ1) is 12.8. The molecule has 0 aliphatic heterocycles. The third kappa shape index (κ3) is 12.5. The quantitative estimate of drug-likeness (QED) is 0.310. The smallest absolute Gasteiger partial charge is 0.414 e. The Balaban J connectivity index is 5.17. The first-order valence-electron chi connectivity index (χ1n) is 8.84. The minimum atomic E-state index is -0.785. The Labute approximate surface area is 166 Å². The summed E-state index contributed by atoms with van der Waals surface area (Å²) in [5.74, 6) is -0.426. The molecule has 0 fully saturated rings. The van der Waals surface area contributed by atoms with Gasteiger partial charge in [0.05, 0.1) is 6.54 Å². The lowest BCUT2D eigenvalue weighted by molar-refractivity contribution is -0.125. The normalized spacial score (nSPS) is 10.9. The van der Waals surface area contributed by atoms with Crippen LogP contribution in [0.4, 0.5) is 9.59 Å². The molecule has 0 rings (SSSR count). The molecule has 0 saturated heterocycles. The maximum absolute atomic E-state index is 12.0. The van der Waals surface area contributed by atoms with Crippen LogP contribution >= 0.6 is 0 Å². The summed E-state index contributed by atoms with van der Waals surface area (Å²) in [5, 5.41) is 4.74.